The van der Waals surface area contributed by atoms with Gasteiger partial charge in [-0.2, -0.15) is 5.10 Å². The van der Waals surface area contributed by atoms with Crippen molar-refractivity contribution in [3.8, 4) is 17.2 Å². The SMILES string of the molecule is COc1ccc(/C=N\NC(=O)c2cc3ccccc3cc2OC)cc1OC. The van der Waals surface area contributed by atoms with Crippen molar-refractivity contribution in [2.24, 2.45) is 5.10 Å². The van der Waals surface area contributed by atoms with E-state index in [-0.39, 0.29) is 5.91 Å². The van der Waals surface area contributed by atoms with Crippen LogP contribution >= 0.6 is 0 Å². The minimum absolute atomic E-state index is 0.352. The largest absolute Gasteiger partial charge is 0.496 e. The van der Waals surface area contributed by atoms with Crippen LogP contribution in [-0.2, 0) is 0 Å². The summed E-state index contributed by atoms with van der Waals surface area (Å²) in [7, 11) is 4.67. The van der Waals surface area contributed by atoms with E-state index in [1.807, 2.05) is 36.4 Å². The quantitative estimate of drug-likeness (QED) is 0.536. The molecule has 6 nitrogen and oxygen atoms in total. The molecule has 27 heavy (non-hydrogen) atoms. The first-order valence-corrected chi connectivity index (χ1v) is 8.28. The van der Waals surface area contributed by atoms with Crippen molar-refractivity contribution >= 4 is 22.9 Å². The summed E-state index contributed by atoms with van der Waals surface area (Å²) in [5.74, 6) is 1.35. The fourth-order valence-electron chi connectivity index (χ4n) is 2.72. The maximum absolute atomic E-state index is 12.5. The predicted octanol–water partition coefficient (Wildman–Crippen LogP) is 3.63. The number of rotatable bonds is 6. The van der Waals surface area contributed by atoms with Crippen molar-refractivity contribution in [1.29, 1.82) is 0 Å². The van der Waals surface area contributed by atoms with Gasteiger partial charge in [0.05, 0.1) is 33.1 Å². The minimum atomic E-state index is -0.352. The molecule has 0 atom stereocenters. The van der Waals surface area contributed by atoms with E-state index < -0.39 is 0 Å². The number of hydrazone groups is 1. The number of ether oxygens (including phenoxy) is 3. The fraction of sp³-hybridized carbons (Fsp3) is 0.143. The molecule has 0 saturated heterocycles. The summed E-state index contributed by atoms with van der Waals surface area (Å²) < 4.78 is 15.8. The second-order valence-electron chi connectivity index (χ2n) is 5.71. The molecule has 3 aromatic rings. The van der Waals surface area contributed by atoms with Crippen LogP contribution in [0.5, 0.6) is 17.2 Å². The van der Waals surface area contributed by atoms with Crippen LogP contribution in [0, 0.1) is 0 Å². The molecule has 3 rings (SSSR count). The second kappa shape index (κ2) is 8.23. The normalized spacial score (nSPS) is 10.8. The minimum Gasteiger partial charge on any atom is -0.496 e. The maximum Gasteiger partial charge on any atom is 0.275 e. The summed E-state index contributed by atoms with van der Waals surface area (Å²) >= 11 is 0. The first-order chi connectivity index (χ1) is 13.2. The fourth-order valence-corrected chi connectivity index (χ4v) is 2.72. The molecule has 0 aliphatic heterocycles. The summed E-state index contributed by atoms with van der Waals surface area (Å²) in [6.07, 6.45) is 1.54. The van der Waals surface area contributed by atoms with Crippen LogP contribution in [0.3, 0.4) is 0 Å². The van der Waals surface area contributed by atoms with Gasteiger partial charge in [-0.3, -0.25) is 4.79 Å². The zero-order valence-electron chi connectivity index (χ0n) is 15.4. The zero-order chi connectivity index (χ0) is 19.2. The van der Waals surface area contributed by atoms with Gasteiger partial charge in [0.2, 0.25) is 0 Å². The van der Waals surface area contributed by atoms with E-state index >= 15 is 0 Å². The molecule has 0 bridgehead atoms. The number of nitrogens with zero attached hydrogens (tertiary/aromatic N) is 1. The Morgan fingerprint density at radius 2 is 1.52 bits per heavy atom. The molecule has 1 N–H and O–H groups in total. The Bertz CT molecular complexity index is 999. The highest BCUT2D eigenvalue weighted by Gasteiger charge is 2.13. The van der Waals surface area contributed by atoms with E-state index in [0.717, 1.165) is 16.3 Å². The molecule has 1 amide bonds. The van der Waals surface area contributed by atoms with Crippen LogP contribution in [0.4, 0.5) is 0 Å². The number of benzene rings is 3. The molecule has 0 saturated carbocycles. The van der Waals surface area contributed by atoms with Gasteiger partial charge in [0.25, 0.3) is 5.91 Å². The van der Waals surface area contributed by atoms with Crippen LogP contribution in [0.25, 0.3) is 10.8 Å². The summed E-state index contributed by atoms with van der Waals surface area (Å²) in [5.41, 5.74) is 3.71. The van der Waals surface area contributed by atoms with Crippen LogP contribution in [0.15, 0.2) is 59.7 Å². The zero-order valence-corrected chi connectivity index (χ0v) is 15.4. The highest BCUT2D eigenvalue weighted by atomic mass is 16.5. The van der Waals surface area contributed by atoms with Gasteiger partial charge in [0.1, 0.15) is 5.75 Å². The monoisotopic (exact) mass is 364 g/mol. The Balaban J connectivity index is 1.79. The third-order valence-corrected chi connectivity index (χ3v) is 4.10. The molecule has 0 heterocycles. The Morgan fingerprint density at radius 3 is 2.19 bits per heavy atom. The van der Waals surface area contributed by atoms with E-state index in [0.29, 0.717) is 22.8 Å². The van der Waals surface area contributed by atoms with Crippen molar-refractivity contribution in [2.75, 3.05) is 21.3 Å². The summed E-state index contributed by atoms with van der Waals surface area (Å²) in [5, 5.41) is 5.98. The van der Waals surface area contributed by atoms with Crippen molar-refractivity contribution in [3.05, 3.63) is 65.7 Å². The molecule has 6 heteroatoms. The van der Waals surface area contributed by atoms with Crippen LogP contribution in [0.1, 0.15) is 15.9 Å². The summed E-state index contributed by atoms with van der Waals surface area (Å²) in [4.78, 5) is 12.5. The standard InChI is InChI=1S/C21H20N2O4/c1-25-18-9-8-14(10-20(18)27-3)13-22-23-21(24)17-11-15-6-4-5-7-16(15)12-19(17)26-2/h4-13H,1-3H3,(H,23,24)/b22-13-. The maximum atomic E-state index is 12.5. The van der Waals surface area contributed by atoms with Gasteiger partial charge in [-0.1, -0.05) is 24.3 Å². The van der Waals surface area contributed by atoms with E-state index in [1.165, 1.54) is 13.3 Å². The molecule has 0 aromatic heterocycles. The highest BCUT2D eigenvalue weighted by Crippen LogP contribution is 2.27. The Kier molecular flexibility index (Phi) is 5.56. The summed E-state index contributed by atoms with van der Waals surface area (Å²) in [6, 6.07) is 16.7. The number of amides is 1. The van der Waals surface area contributed by atoms with Gasteiger partial charge in [-0.25, -0.2) is 5.43 Å². The van der Waals surface area contributed by atoms with Gasteiger partial charge >= 0.3 is 0 Å². The van der Waals surface area contributed by atoms with Gasteiger partial charge in [-0.15, -0.1) is 0 Å². The van der Waals surface area contributed by atoms with E-state index in [2.05, 4.69) is 10.5 Å². The van der Waals surface area contributed by atoms with Crippen LogP contribution in [0.2, 0.25) is 0 Å². The molecule has 138 valence electrons. The average Bonchev–Trinajstić information content (AvgIpc) is 2.72. The van der Waals surface area contributed by atoms with Crippen molar-refractivity contribution < 1.29 is 19.0 Å². The molecule has 3 aromatic carbocycles. The number of nitrogens with one attached hydrogen (secondary N) is 1. The Hall–Kier alpha value is -3.54. The topological polar surface area (TPSA) is 69.2 Å². The lowest BCUT2D eigenvalue weighted by Crippen LogP contribution is -2.18. The van der Waals surface area contributed by atoms with Crippen molar-refractivity contribution in [2.45, 2.75) is 0 Å². The average molecular weight is 364 g/mol. The molecule has 0 radical (unpaired) electrons. The van der Waals surface area contributed by atoms with Gasteiger partial charge in [0.15, 0.2) is 11.5 Å². The molecule has 0 unspecified atom stereocenters. The first-order valence-electron chi connectivity index (χ1n) is 8.28. The smallest absolute Gasteiger partial charge is 0.275 e. The van der Waals surface area contributed by atoms with Crippen LogP contribution in [-0.4, -0.2) is 33.5 Å². The lowest BCUT2D eigenvalue weighted by atomic mass is 10.1. The van der Waals surface area contributed by atoms with E-state index in [1.54, 1.807) is 32.4 Å². The molecule has 0 spiro atoms. The third kappa shape index (κ3) is 4.00. The van der Waals surface area contributed by atoms with Gasteiger partial charge < -0.3 is 14.2 Å². The number of fused-ring (bicyclic) bond motifs is 1. The number of hydrogen-bond acceptors (Lipinski definition) is 5. The van der Waals surface area contributed by atoms with E-state index in [9.17, 15) is 4.79 Å². The number of methoxy groups -OCH3 is 3. The molecule has 0 aliphatic rings. The molecular weight excluding hydrogens is 344 g/mol. The summed E-state index contributed by atoms with van der Waals surface area (Å²) in [6.45, 7) is 0. The number of carbonyl (C=O) groups excluding carboxylic acids is 1. The van der Waals surface area contributed by atoms with Crippen molar-refractivity contribution in [1.82, 2.24) is 5.43 Å². The first kappa shape index (κ1) is 18.3. The predicted molar refractivity (Wildman–Crippen MR) is 105 cm³/mol. The molecular formula is C21H20N2O4. The van der Waals surface area contributed by atoms with Gasteiger partial charge in [0, 0.05) is 0 Å². The lowest BCUT2D eigenvalue weighted by Gasteiger charge is -2.09. The van der Waals surface area contributed by atoms with E-state index in [4.69, 9.17) is 14.2 Å². The number of carbonyl (C=O) groups is 1. The van der Waals surface area contributed by atoms with Crippen LogP contribution < -0.4 is 19.6 Å². The Labute approximate surface area is 157 Å². The number of hydrogen-bond donors (Lipinski definition) is 1. The lowest BCUT2D eigenvalue weighted by molar-refractivity contribution is 0.0952. The van der Waals surface area contributed by atoms with Crippen molar-refractivity contribution in [3.63, 3.8) is 0 Å². The second-order valence-corrected chi connectivity index (χ2v) is 5.71. The van der Waals surface area contributed by atoms with Gasteiger partial charge in [-0.05, 0) is 46.7 Å². The molecule has 0 fully saturated rings. The third-order valence-electron chi connectivity index (χ3n) is 4.10. The molecule has 0 aliphatic carbocycles. The Morgan fingerprint density at radius 1 is 0.852 bits per heavy atom. The highest BCUT2D eigenvalue weighted by molar-refractivity contribution is 6.02.